The van der Waals surface area contributed by atoms with Crippen molar-refractivity contribution in [1.29, 1.82) is 0 Å². The molecule has 1 amide bonds. The molecule has 0 unspecified atom stereocenters. The van der Waals surface area contributed by atoms with E-state index in [4.69, 9.17) is 4.74 Å². The Morgan fingerprint density at radius 2 is 2.00 bits per heavy atom. The molecule has 0 spiro atoms. The molecule has 6 rings (SSSR count). The summed E-state index contributed by atoms with van der Waals surface area (Å²) in [5.74, 6) is 0.0672. The summed E-state index contributed by atoms with van der Waals surface area (Å²) in [6.07, 6.45) is -1.02. The summed E-state index contributed by atoms with van der Waals surface area (Å²) in [5, 5.41) is 5.74. The zero-order valence-corrected chi connectivity index (χ0v) is 18.0. The van der Waals surface area contributed by atoms with Gasteiger partial charge in [-0.05, 0) is 35.4 Å². The smallest absolute Gasteiger partial charge is 0.416 e. The third-order valence-electron chi connectivity index (χ3n) is 6.31. The Bertz CT molecular complexity index is 1510. The number of amides is 1. The number of anilines is 1. The number of ether oxygens (including phenoxy) is 1. The molecule has 35 heavy (non-hydrogen) atoms. The largest absolute Gasteiger partial charge is 0.493 e. The van der Waals surface area contributed by atoms with Crippen molar-refractivity contribution in [1.82, 2.24) is 19.7 Å². The van der Waals surface area contributed by atoms with Crippen LogP contribution >= 0.6 is 0 Å². The minimum atomic E-state index is -4.51. The zero-order chi connectivity index (χ0) is 24.3. The number of imidazole rings is 1. The fourth-order valence-corrected chi connectivity index (χ4v) is 4.62. The van der Waals surface area contributed by atoms with Crippen molar-refractivity contribution in [2.75, 3.05) is 11.9 Å². The third kappa shape index (κ3) is 3.46. The molecule has 2 aromatic heterocycles. The lowest BCUT2D eigenvalue weighted by Gasteiger charge is -2.19. The Morgan fingerprint density at radius 1 is 1.14 bits per heavy atom. The van der Waals surface area contributed by atoms with Crippen LogP contribution < -0.4 is 15.4 Å². The Hall–Kier alpha value is -4.15. The van der Waals surface area contributed by atoms with Crippen molar-refractivity contribution in [3.05, 3.63) is 76.6 Å². The summed E-state index contributed by atoms with van der Waals surface area (Å²) >= 11 is 0. The summed E-state index contributed by atoms with van der Waals surface area (Å²) in [6.45, 7) is 0.514. The fourth-order valence-electron chi connectivity index (χ4n) is 4.62. The minimum Gasteiger partial charge on any atom is -0.493 e. The molecule has 4 heterocycles. The van der Waals surface area contributed by atoms with Crippen molar-refractivity contribution in [3.63, 3.8) is 0 Å². The number of carbonyl (C=O) groups excluding carboxylic acids is 1. The number of fused-ring (bicyclic) bond motifs is 3. The van der Waals surface area contributed by atoms with Crippen LogP contribution in [0.2, 0.25) is 0 Å². The van der Waals surface area contributed by atoms with Gasteiger partial charge in [0.2, 0.25) is 5.95 Å². The highest BCUT2D eigenvalue weighted by Crippen LogP contribution is 2.37. The van der Waals surface area contributed by atoms with Crippen LogP contribution in [-0.4, -0.2) is 26.9 Å². The van der Waals surface area contributed by atoms with Crippen molar-refractivity contribution < 1.29 is 27.1 Å². The minimum absolute atomic E-state index is 0.0863. The molecule has 0 saturated heterocycles. The van der Waals surface area contributed by atoms with E-state index in [2.05, 4.69) is 20.6 Å². The van der Waals surface area contributed by atoms with Crippen LogP contribution in [0.25, 0.3) is 16.6 Å². The number of nitrogens with one attached hydrogen (secondary N) is 2. The molecule has 0 fully saturated rings. The van der Waals surface area contributed by atoms with Crippen LogP contribution in [0.5, 0.6) is 5.75 Å². The van der Waals surface area contributed by atoms with E-state index in [1.807, 2.05) is 0 Å². The number of aromatic nitrogens is 3. The van der Waals surface area contributed by atoms with Crippen LogP contribution in [-0.2, 0) is 25.7 Å². The van der Waals surface area contributed by atoms with Crippen molar-refractivity contribution in [2.45, 2.75) is 25.7 Å². The SMILES string of the molecule is O=C1NCc2cc(C(F)(F)F)ccc2-c2cnc(NCc3c(F)ccc4c3CCO4)n3cnc1c23. The summed E-state index contributed by atoms with van der Waals surface area (Å²) in [7, 11) is 0. The number of halogens is 4. The van der Waals surface area contributed by atoms with Crippen molar-refractivity contribution in [3.8, 4) is 16.9 Å². The van der Waals surface area contributed by atoms with E-state index in [9.17, 15) is 22.4 Å². The molecule has 0 radical (unpaired) electrons. The molecule has 0 bridgehead atoms. The molecule has 7 nitrogen and oxygen atoms in total. The number of rotatable bonds is 3. The van der Waals surface area contributed by atoms with E-state index >= 15 is 0 Å². The lowest BCUT2D eigenvalue weighted by atomic mass is 9.96. The van der Waals surface area contributed by atoms with Gasteiger partial charge in [-0.15, -0.1) is 0 Å². The van der Waals surface area contributed by atoms with Gasteiger partial charge in [0, 0.05) is 42.4 Å². The first-order valence-electron chi connectivity index (χ1n) is 10.8. The summed E-state index contributed by atoms with van der Waals surface area (Å²) < 4.78 is 61.4. The predicted octanol–water partition coefficient (Wildman–Crippen LogP) is 4.34. The van der Waals surface area contributed by atoms with Crippen LogP contribution in [0, 0.1) is 5.82 Å². The number of benzene rings is 2. The second-order valence-electron chi connectivity index (χ2n) is 8.31. The summed E-state index contributed by atoms with van der Waals surface area (Å²) in [5.41, 5.74) is 2.26. The molecule has 178 valence electrons. The standard InChI is InChI=1S/C24H17F4N5O2/c25-18-3-4-19-15(5-6-35-19)16(18)9-30-23-31-10-17-14-2-1-13(24(26,27)28)7-12(14)8-29-22(34)20-21(17)33(23)11-32-20/h1-4,7,10-11H,5-6,8-9H2,(H,29,34)(H,30,31). The molecule has 2 N–H and O–H groups in total. The first-order chi connectivity index (χ1) is 16.8. The van der Waals surface area contributed by atoms with Crippen molar-refractivity contribution in [2.24, 2.45) is 0 Å². The first kappa shape index (κ1) is 21.4. The van der Waals surface area contributed by atoms with Gasteiger partial charge in [0.15, 0.2) is 5.69 Å². The maximum atomic E-state index is 14.6. The van der Waals surface area contributed by atoms with Gasteiger partial charge >= 0.3 is 6.18 Å². The molecule has 0 atom stereocenters. The van der Waals surface area contributed by atoms with Gasteiger partial charge in [0.05, 0.1) is 17.7 Å². The zero-order valence-electron chi connectivity index (χ0n) is 18.0. The van der Waals surface area contributed by atoms with Crippen molar-refractivity contribution >= 4 is 17.4 Å². The van der Waals surface area contributed by atoms with Crippen LogP contribution in [0.1, 0.15) is 32.7 Å². The molecular weight excluding hydrogens is 466 g/mol. The van der Waals surface area contributed by atoms with Crippen LogP contribution in [0.3, 0.4) is 0 Å². The maximum Gasteiger partial charge on any atom is 0.416 e. The van der Waals surface area contributed by atoms with E-state index in [0.717, 1.165) is 17.7 Å². The van der Waals surface area contributed by atoms with Gasteiger partial charge in [-0.1, -0.05) is 6.07 Å². The maximum absolute atomic E-state index is 14.6. The summed E-state index contributed by atoms with van der Waals surface area (Å²) in [6, 6.07) is 6.36. The lowest BCUT2D eigenvalue weighted by Crippen LogP contribution is -2.25. The Morgan fingerprint density at radius 3 is 2.83 bits per heavy atom. The topological polar surface area (TPSA) is 80.5 Å². The third-order valence-corrected chi connectivity index (χ3v) is 6.31. The van der Waals surface area contributed by atoms with E-state index in [1.54, 1.807) is 10.5 Å². The average molecular weight is 483 g/mol. The molecule has 4 aromatic rings. The molecule has 2 aliphatic heterocycles. The highest BCUT2D eigenvalue weighted by molar-refractivity contribution is 6.04. The van der Waals surface area contributed by atoms with Gasteiger partial charge in [0.1, 0.15) is 17.9 Å². The predicted molar refractivity (Wildman–Crippen MR) is 118 cm³/mol. The second-order valence-corrected chi connectivity index (χ2v) is 8.31. The van der Waals surface area contributed by atoms with Crippen LogP contribution in [0.4, 0.5) is 23.5 Å². The normalized spacial score (nSPS) is 14.6. The van der Waals surface area contributed by atoms with Gasteiger partial charge in [-0.25, -0.2) is 14.4 Å². The highest BCUT2D eigenvalue weighted by Gasteiger charge is 2.32. The Balaban J connectivity index is 1.44. The van der Waals surface area contributed by atoms with Gasteiger partial charge in [-0.3, -0.25) is 9.20 Å². The quantitative estimate of drug-likeness (QED) is 0.424. The van der Waals surface area contributed by atoms with Gasteiger partial charge < -0.3 is 15.4 Å². The molecule has 2 aliphatic rings. The van der Waals surface area contributed by atoms with E-state index < -0.39 is 17.6 Å². The molecule has 0 saturated carbocycles. The number of carbonyl (C=O) groups is 1. The average Bonchev–Trinajstić information content (AvgIpc) is 3.48. The number of hydrogen-bond acceptors (Lipinski definition) is 5. The van der Waals surface area contributed by atoms with Gasteiger partial charge in [-0.2, -0.15) is 13.2 Å². The summed E-state index contributed by atoms with van der Waals surface area (Å²) in [4.78, 5) is 21.4. The molecule has 0 aliphatic carbocycles. The van der Waals surface area contributed by atoms with E-state index in [-0.39, 0.29) is 24.6 Å². The number of nitrogens with zero attached hydrogens (tertiary/aromatic N) is 3. The first-order valence-corrected chi connectivity index (χ1v) is 10.8. The Kier molecular flexibility index (Phi) is 4.70. The Labute approximate surface area is 195 Å². The number of hydrogen-bond donors (Lipinski definition) is 2. The lowest BCUT2D eigenvalue weighted by molar-refractivity contribution is -0.137. The molecule has 11 heteroatoms. The molecular formula is C24H17F4N5O2. The monoisotopic (exact) mass is 483 g/mol. The van der Waals surface area contributed by atoms with E-state index in [0.29, 0.717) is 52.5 Å². The van der Waals surface area contributed by atoms with Gasteiger partial charge in [0.25, 0.3) is 5.91 Å². The van der Waals surface area contributed by atoms with E-state index in [1.165, 1.54) is 24.7 Å². The highest BCUT2D eigenvalue weighted by atomic mass is 19.4. The van der Waals surface area contributed by atoms with Crippen LogP contribution in [0.15, 0.2) is 42.9 Å². The second kappa shape index (κ2) is 7.69. The fraction of sp³-hybridized carbons (Fsp3) is 0.208. The molecule has 2 aromatic carbocycles. The number of alkyl halides is 3.